The summed E-state index contributed by atoms with van der Waals surface area (Å²) < 4.78 is 1.17. The molecule has 1 aromatic carbocycles. The molecule has 0 radical (unpaired) electrons. The second kappa shape index (κ2) is 4.66. The number of nitrogens with two attached hydrogens (primary N) is 1. The normalized spacial score (nSPS) is 10.2. The molecule has 2 aromatic rings. The van der Waals surface area contributed by atoms with Gasteiger partial charge in [-0.1, -0.05) is 12.1 Å². The van der Waals surface area contributed by atoms with Crippen LogP contribution < -0.4 is 11.4 Å². The Labute approximate surface area is 102 Å². The minimum Gasteiger partial charge on any atom is -0.399 e. The Morgan fingerprint density at radius 3 is 2.89 bits per heavy atom. The zero-order valence-electron chi connectivity index (χ0n) is 9.31. The molecule has 0 atom stereocenters. The van der Waals surface area contributed by atoms with E-state index in [1.54, 1.807) is 24.3 Å². The topological polar surface area (TPSA) is 104 Å². The molecule has 0 fully saturated rings. The molecular formula is C11H10N4O3. The average molecular weight is 246 g/mol. The number of hydrogen-bond acceptors (Lipinski definition) is 5. The summed E-state index contributed by atoms with van der Waals surface area (Å²) in [5, 5.41) is 10.6. The third kappa shape index (κ3) is 2.51. The van der Waals surface area contributed by atoms with Crippen molar-refractivity contribution in [1.29, 1.82) is 0 Å². The predicted octanol–water partition coefficient (Wildman–Crippen LogP) is 0.782. The lowest BCUT2D eigenvalue weighted by molar-refractivity contribution is -0.385. The maximum atomic E-state index is 11.5. The van der Waals surface area contributed by atoms with Crippen molar-refractivity contribution in [2.75, 3.05) is 5.73 Å². The maximum Gasteiger partial charge on any atom is 0.348 e. The van der Waals surface area contributed by atoms with E-state index in [9.17, 15) is 14.9 Å². The Bertz CT molecular complexity index is 651. The van der Waals surface area contributed by atoms with Gasteiger partial charge in [0.15, 0.2) is 0 Å². The van der Waals surface area contributed by atoms with E-state index in [1.165, 1.54) is 10.8 Å². The molecule has 1 heterocycles. The molecule has 0 aliphatic rings. The van der Waals surface area contributed by atoms with Crippen LogP contribution >= 0.6 is 0 Å². The SMILES string of the molecule is Nc1cccc(Cn2cc([N+](=O)[O-])cnc2=O)c1. The van der Waals surface area contributed by atoms with Crippen molar-refractivity contribution < 1.29 is 4.92 Å². The van der Waals surface area contributed by atoms with Crippen molar-refractivity contribution in [3.63, 3.8) is 0 Å². The number of nitro groups is 1. The van der Waals surface area contributed by atoms with Gasteiger partial charge in [-0.3, -0.25) is 14.7 Å². The summed E-state index contributed by atoms with van der Waals surface area (Å²) >= 11 is 0. The first-order valence-corrected chi connectivity index (χ1v) is 5.11. The molecule has 0 saturated heterocycles. The van der Waals surface area contributed by atoms with Crippen LogP contribution in [0.15, 0.2) is 41.5 Å². The van der Waals surface area contributed by atoms with Crippen LogP contribution in [0.25, 0.3) is 0 Å². The molecule has 2 N–H and O–H groups in total. The van der Waals surface area contributed by atoms with Gasteiger partial charge in [0.1, 0.15) is 6.20 Å². The number of benzene rings is 1. The fourth-order valence-corrected chi connectivity index (χ4v) is 1.54. The summed E-state index contributed by atoms with van der Waals surface area (Å²) in [5.74, 6) is 0. The number of hydrogen-bond donors (Lipinski definition) is 1. The number of aromatic nitrogens is 2. The number of nitrogens with zero attached hydrogens (tertiary/aromatic N) is 3. The van der Waals surface area contributed by atoms with Crippen LogP contribution in [0, 0.1) is 10.1 Å². The van der Waals surface area contributed by atoms with Crippen molar-refractivity contribution in [2.45, 2.75) is 6.54 Å². The molecule has 0 amide bonds. The van der Waals surface area contributed by atoms with Gasteiger partial charge >= 0.3 is 11.4 Å². The van der Waals surface area contributed by atoms with Crippen molar-refractivity contribution in [3.05, 3.63) is 62.8 Å². The fraction of sp³-hybridized carbons (Fsp3) is 0.0909. The van der Waals surface area contributed by atoms with E-state index >= 15 is 0 Å². The Kier molecular flexibility index (Phi) is 3.05. The van der Waals surface area contributed by atoms with Crippen molar-refractivity contribution in [2.24, 2.45) is 0 Å². The molecule has 18 heavy (non-hydrogen) atoms. The minimum absolute atomic E-state index is 0.193. The lowest BCUT2D eigenvalue weighted by Gasteiger charge is -2.05. The average Bonchev–Trinajstić information content (AvgIpc) is 2.31. The van der Waals surface area contributed by atoms with Gasteiger partial charge in [-0.2, -0.15) is 4.98 Å². The summed E-state index contributed by atoms with van der Waals surface area (Å²) in [7, 11) is 0. The third-order valence-corrected chi connectivity index (χ3v) is 2.36. The Balaban J connectivity index is 2.37. The minimum atomic E-state index is -0.595. The number of anilines is 1. The Morgan fingerprint density at radius 2 is 2.22 bits per heavy atom. The van der Waals surface area contributed by atoms with Gasteiger partial charge < -0.3 is 5.73 Å². The van der Waals surface area contributed by atoms with Gasteiger partial charge in [-0.05, 0) is 17.7 Å². The van der Waals surface area contributed by atoms with Crippen molar-refractivity contribution >= 4 is 11.4 Å². The number of nitrogen functional groups attached to an aromatic ring is 1. The molecule has 92 valence electrons. The third-order valence-electron chi connectivity index (χ3n) is 2.36. The van der Waals surface area contributed by atoms with E-state index in [4.69, 9.17) is 5.73 Å². The van der Waals surface area contributed by atoms with E-state index in [1.807, 2.05) is 0 Å². The first-order chi connectivity index (χ1) is 8.56. The summed E-state index contributed by atoms with van der Waals surface area (Å²) in [4.78, 5) is 24.9. The molecule has 0 aliphatic heterocycles. The van der Waals surface area contributed by atoms with Gasteiger partial charge in [0.25, 0.3) is 0 Å². The fourth-order valence-electron chi connectivity index (χ4n) is 1.54. The van der Waals surface area contributed by atoms with Crippen molar-refractivity contribution in [3.8, 4) is 0 Å². The second-order valence-corrected chi connectivity index (χ2v) is 3.72. The molecule has 7 heteroatoms. The van der Waals surface area contributed by atoms with Gasteiger partial charge in [0.05, 0.1) is 17.7 Å². The highest BCUT2D eigenvalue weighted by atomic mass is 16.6. The summed E-state index contributed by atoms with van der Waals surface area (Å²) in [6.45, 7) is 0.193. The van der Waals surface area contributed by atoms with E-state index in [2.05, 4.69) is 4.98 Å². The summed E-state index contributed by atoms with van der Waals surface area (Å²) in [6.07, 6.45) is 2.11. The first-order valence-electron chi connectivity index (χ1n) is 5.11. The highest BCUT2D eigenvalue weighted by molar-refractivity contribution is 5.40. The second-order valence-electron chi connectivity index (χ2n) is 3.72. The molecule has 0 saturated carbocycles. The van der Waals surface area contributed by atoms with E-state index in [0.29, 0.717) is 5.69 Å². The Hall–Kier alpha value is -2.70. The predicted molar refractivity (Wildman–Crippen MR) is 65.1 cm³/mol. The molecular weight excluding hydrogens is 236 g/mol. The van der Waals surface area contributed by atoms with Crippen LogP contribution in [0.2, 0.25) is 0 Å². The lowest BCUT2D eigenvalue weighted by atomic mass is 10.2. The maximum absolute atomic E-state index is 11.5. The van der Waals surface area contributed by atoms with Crippen LogP contribution in [-0.2, 0) is 6.54 Å². The van der Waals surface area contributed by atoms with E-state index in [-0.39, 0.29) is 12.2 Å². The molecule has 1 aromatic heterocycles. The highest BCUT2D eigenvalue weighted by Gasteiger charge is 2.09. The first kappa shape index (κ1) is 11.8. The quantitative estimate of drug-likeness (QED) is 0.489. The zero-order valence-corrected chi connectivity index (χ0v) is 9.31. The molecule has 0 aliphatic carbocycles. The molecule has 0 bridgehead atoms. The monoisotopic (exact) mass is 246 g/mol. The van der Waals surface area contributed by atoms with Crippen molar-refractivity contribution in [1.82, 2.24) is 9.55 Å². The zero-order chi connectivity index (χ0) is 13.1. The van der Waals surface area contributed by atoms with Crippen LogP contribution in [0.3, 0.4) is 0 Å². The largest absolute Gasteiger partial charge is 0.399 e. The van der Waals surface area contributed by atoms with E-state index < -0.39 is 10.6 Å². The molecule has 7 nitrogen and oxygen atoms in total. The van der Waals surface area contributed by atoms with Gasteiger partial charge in [0, 0.05) is 5.69 Å². The van der Waals surface area contributed by atoms with Gasteiger partial charge in [-0.25, -0.2) is 4.79 Å². The van der Waals surface area contributed by atoms with Crippen LogP contribution in [0.5, 0.6) is 0 Å². The lowest BCUT2D eigenvalue weighted by Crippen LogP contribution is -2.23. The number of rotatable bonds is 3. The Morgan fingerprint density at radius 1 is 1.44 bits per heavy atom. The van der Waals surface area contributed by atoms with E-state index in [0.717, 1.165) is 11.8 Å². The molecule has 2 rings (SSSR count). The smallest absolute Gasteiger partial charge is 0.348 e. The van der Waals surface area contributed by atoms with Crippen LogP contribution in [0.4, 0.5) is 11.4 Å². The highest BCUT2D eigenvalue weighted by Crippen LogP contribution is 2.09. The standard InChI is InChI=1S/C11H10N4O3/c12-9-3-1-2-8(4-9)6-14-7-10(15(17)18)5-13-11(14)16/h1-5,7H,6,12H2. The molecule has 0 unspecified atom stereocenters. The van der Waals surface area contributed by atoms with Gasteiger partial charge in [0.2, 0.25) is 0 Å². The van der Waals surface area contributed by atoms with Crippen LogP contribution in [0.1, 0.15) is 5.56 Å². The summed E-state index contributed by atoms with van der Waals surface area (Å²) in [5.41, 5.74) is 6.20. The molecule has 0 spiro atoms. The van der Waals surface area contributed by atoms with Crippen LogP contribution in [-0.4, -0.2) is 14.5 Å². The van der Waals surface area contributed by atoms with Gasteiger partial charge in [-0.15, -0.1) is 0 Å². The summed E-state index contributed by atoms with van der Waals surface area (Å²) in [6, 6.07) is 6.95.